The summed E-state index contributed by atoms with van der Waals surface area (Å²) < 4.78 is 1.22. The average Bonchev–Trinajstić information content (AvgIpc) is 2.51. The van der Waals surface area contributed by atoms with Gasteiger partial charge in [-0.25, -0.2) is 0 Å². The molecule has 96 valence electrons. The van der Waals surface area contributed by atoms with E-state index in [4.69, 9.17) is 0 Å². The van der Waals surface area contributed by atoms with Crippen molar-refractivity contribution in [1.29, 1.82) is 0 Å². The molecule has 0 aliphatic rings. The van der Waals surface area contributed by atoms with E-state index in [9.17, 15) is 0 Å². The van der Waals surface area contributed by atoms with Crippen LogP contribution in [0.5, 0.6) is 0 Å². The molecule has 0 spiro atoms. The fraction of sp³-hybridized carbons (Fsp3) is 0.571. The van der Waals surface area contributed by atoms with Crippen LogP contribution in [0.3, 0.4) is 0 Å². The monoisotopic (exact) mass is 315 g/mol. The van der Waals surface area contributed by atoms with Gasteiger partial charge in [0, 0.05) is 26.3 Å². The van der Waals surface area contributed by atoms with E-state index >= 15 is 0 Å². The summed E-state index contributed by atoms with van der Waals surface area (Å²) in [6, 6.07) is 2.20. The standard InChI is InChI=1S/C14H22BrNS/c1-6-11(9-16-14(3,4)5)7-12-8-13(15)10(2)17-12/h7-8,16H,6,9H2,1-5H3. The Morgan fingerprint density at radius 3 is 2.53 bits per heavy atom. The van der Waals surface area contributed by atoms with Gasteiger partial charge < -0.3 is 5.32 Å². The third kappa shape index (κ3) is 5.36. The van der Waals surface area contributed by atoms with E-state index in [1.54, 1.807) is 0 Å². The molecule has 3 heteroatoms. The van der Waals surface area contributed by atoms with Gasteiger partial charge in [-0.05, 0) is 62.2 Å². The van der Waals surface area contributed by atoms with E-state index in [-0.39, 0.29) is 5.54 Å². The second-order valence-electron chi connectivity index (χ2n) is 5.31. The van der Waals surface area contributed by atoms with Crippen LogP contribution in [-0.4, -0.2) is 12.1 Å². The smallest absolute Gasteiger partial charge is 0.0317 e. The Hall–Kier alpha value is -0.120. The highest BCUT2D eigenvalue weighted by molar-refractivity contribution is 9.10. The summed E-state index contributed by atoms with van der Waals surface area (Å²) >= 11 is 5.40. The average molecular weight is 316 g/mol. The maximum Gasteiger partial charge on any atom is 0.0317 e. The molecule has 0 aliphatic carbocycles. The highest BCUT2D eigenvalue weighted by atomic mass is 79.9. The zero-order valence-electron chi connectivity index (χ0n) is 11.4. The lowest BCUT2D eigenvalue weighted by molar-refractivity contribution is 0.443. The zero-order chi connectivity index (χ0) is 13.1. The van der Waals surface area contributed by atoms with E-state index < -0.39 is 0 Å². The van der Waals surface area contributed by atoms with Gasteiger partial charge in [-0.2, -0.15) is 0 Å². The Balaban J connectivity index is 2.73. The first kappa shape index (κ1) is 14.9. The number of hydrogen-bond donors (Lipinski definition) is 1. The molecule has 17 heavy (non-hydrogen) atoms. The van der Waals surface area contributed by atoms with Gasteiger partial charge in [0.15, 0.2) is 0 Å². The van der Waals surface area contributed by atoms with Crippen LogP contribution >= 0.6 is 27.3 Å². The maximum atomic E-state index is 3.56. The number of aryl methyl sites for hydroxylation is 1. The van der Waals surface area contributed by atoms with Crippen molar-refractivity contribution in [1.82, 2.24) is 5.32 Å². The zero-order valence-corrected chi connectivity index (χ0v) is 13.8. The van der Waals surface area contributed by atoms with Crippen LogP contribution in [0.2, 0.25) is 0 Å². The molecular formula is C14H22BrNS. The molecule has 0 amide bonds. The van der Waals surface area contributed by atoms with Crippen molar-refractivity contribution in [3.8, 4) is 0 Å². The molecule has 1 heterocycles. The fourth-order valence-corrected chi connectivity index (χ4v) is 2.96. The predicted molar refractivity (Wildman–Crippen MR) is 82.8 cm³/mol. The summed E-state index contributed by atoms with van der Waals surface area (Å²) in [7, 11) is 0. The van der Waals surface area contributed by atoms with E-state index in [1.165, 1.54) is 19.8 Å². The van der Waals surface area contributed by atoms with Crippen LogP contribution in [-0.2, 0) is 0 Å². The number of hydrogen-bond acceptors (Lipinski definition) is 2. The quantitative estimate of drug-likeness (QED) is 0.824. The van der Waals surface area contributed by atoms with Crippen LogP contribution in [0.1, 0.15) is 43.9 Å². The van der Waals surface area contributed by atoms with Crippen LogP contribution in [0, 0.1) is 6.92 Å². The molecular weight excluding hydrogens is 294 g/mol. The molecule has 0 radical (unpaired) electrons. The summed E-state index contributed by atoms with van der Waals surface area (Å²) in [5.74, 6) is 0. The Bertz CT molecular complexity index is 379. The summed E-state index contributed by atoms with van der Waals surface area (Å²) in [5, 5.41) is 3.54. The van der Waals surface area contributed by atoms with Crippen molar-refractivity contribution < 1.29 is 0 Å². The Labute approximate surface area is 117 Å². The molecule has 1 aromatic heterocycles. The normalized spacial score (nSPS) is 13.2. The van der Waals surface area contributed by atoms with E-state index in [0.717, 1.165) is 13.0 Å². The summed E-state index contributed by atoms with van der Waals surface area (Å²) in [6.45, 7) is 11.9. The lowest BCUT2D eigenvalue weighted by Crippen LogP contribution is -2.36. The third-order valence-electron chi connectivity index (χ3n) is 2.52. The molecule has 0 atom stereocenters. The first-order chi connectivity index (χ1) is 7.81. The van der Waals surface area contributed by atoms with E-state index in [0.29, 0.717) is 0 Å². The van der Waals surface area contributed by atoms with E-state index in [2.05, 4.69) is 68.0 Å². The predicted octanol–water partition coefficient (Wildman–Crippen LogP) is 5.00. The Morgan fingerprint density at radius 2 is 2.12 bits per heavy atom. The number of thiophene rings is 1. The van der Waals surface area contributed by atoms with Crippen molar-refractivity contribution in [2.45, 2.75) is 46.6 Å². The van der Waals surface area contributed by atoms with Gasteiger partial charge in [-0.1, -0.05) is 12.5 Å². The molecule has 1 N–H and O–H groups in total. The van der Waals surface area contributed by atoms with Crippen LogP contribution in [0.15, 0.2) is 16.1 Å². The van der Waals surface area contributed by atoms with Gasteiger partial charge in [0.1, 0.15) is 0 Å². The molecule has 0 aromatic carbocycles. The lowest BCUT2D eigenvalue weighted by Gasteiger charge is -2.21. The highest BCUT2D eigenvalue weighted by Gasteiger charge is 2.09. The van der Waals surface area contributed by atoms with E-state index in [1.807, 2.05) is 11.3 Å². The summed E-state index contributed by atoms with van der Waals surface area (Å²) in [4.78, 5) is 2.68. The number of rotatable bonds is 4. The van der Waals surface area contributed by atoms with Crippen molar-refractivity contribution in [3.05, 3.63) is 25.9 Å². The summed E-state index contributed by atoms with van der Waals surface area (Å²) in [5.41, 5.74) is 1.63. The van der Waals surface area contributed by atoms with Crippen molar-refractivity contribution in [3.63, 3.8) is 0 Å². The van der Waals surface area contributed by atoms with Crippen molar-refractivity contribution in [2.24, 2.45) is 0 Å². The summed E-state index contributed by atoms with van der Waals surface area (Å²) in [6.07, 6.45) is 3.40. The topological polar surface area (TPSA) is 12.0 Å². The molecule has 0 bridgehead atoms. The first-order valence-corrected chi connectivity index (χ1v) is 7.63. The van der Waals surface area contributed by atoms with Crippen LogP contribution in [0.25, 0.3) is 6.08 Å². The lowest BCUT2D eigenvalue weighted by atomic mass is 10.1. The second-order valence-corrected chi connectivity index (χ2v) is 7.45. The van der Waals surface area contributed by atoms with Crippen molar-refractivity contribution >= 4 is 33.3 Å². The van der Waals surface area contributed by atoms with Gasteiger partial charge in [0.05, 0.1) is 0 Å². The SMILES string of the molecule is CCC(=Cc1cc(Br)c(C)s1)CNC(C)(C)C. The minimum absolute atomic E-state index is 0.181. The number of nitrogens with one attached hydrogen (secondary N) is 1. The minimum Gasteiger partial charge on any atom is -0.308 e. The molecule has 1 aromatic rings. The Kier molecular flexibility index (Phi) is 5.42. The minimum atomic E-state index is 0.181. The largest absolute Gasteiger partial charge is 0.308 e. The first-order valence-electron chi connectivity index (χ1n) is 6.02. The van der Waals surface area contributed by atoms with Crippen LogP contribution < -0.4 is 5.32 Å². The number of halogens is 1. The molecule has 0 saturated heterocycles. The molecule has 1 rings (SSSR count). The molecule has 0 fully saturated rings. The fourth-order valence-electron chi connectivity index (χ4n) is 1.41. The van der Waals surface area contributed by atoms with Gasteiger partial charge >= 0.3 is 0 Å². The van der Waals surface area contributed by atoms with Gasteiger partial charge in [-0.15, -0.1) is 11.3 Å². The van der Waals surface area contributed by atoms with Gasteiger partial charge in [-0.3, -0.25) is 0 Å². The highest BCUT2D eigenvalue weighted by Crippen LogP contribution is 2.28. The molecule has 0 aliphatic heterocycles. The van der Waals surface area contributed by atoms with Crippen molar-refractivity contribution in [2.75, 3.05) is 6.54 Å². The van der Waals surface area contributed by atoms with Gasteiger partial charge in [0.2, 0.25) is 0 Å². The maximum absolute atomic E-state index is 3.56. The van der Waals surface area contributed by atoms with Crippen LogP contribution in [0.4, 0.5) is 0 Å². The molecule has 0 unspecified atom stereocenters. The Morgan fingerprint density at radius 1 is 1.47 bits per heavy atom. The molecule has 0 saturated carbocycles. The third-order valence-corrected chi connectivity index (χ3v) is 4.61. The van der Waals surface area contributed by atoms with Gasteiger partial charge in [0.25, 0.3) is 0 Å². The molecule has 1 nitrogen and oxygen atoms in total. The second kappa shape index (κ2) is 6.17.